The third kappa shape index (κ3) is 3.35. The zero-order chi connectivity index (χ0) is 17.3. The first-order valence-corrected chi connectivity index (χ1v) is 8.01. The smallest absolute Gasteiger partial charge is 0.267 e. The molecule has 1 aliphatic carbocycles. The van der Waals surface area contributed by atoms with Gasteiger partial charge in [-0.3, -0.25) is 0 Å². The van der Waals surface area contributed by atoms with E-state index in [-0.39, 0.29) is 12.4 Å². The Bertz CT molecular complexity index is 742. The Balaban J connectivity index is 1.90. The monoisotopic (exact) mass is 335 g/mol. The second kappa shape index (κ2) is 6.75. The number of rotatable bonds is 6. The standard InChI is InChI=1S/C19H20F3NO/c1-11-8-18(14(19(21)22)9-16(11)20)24-10-15-13(12-6-7-12)4-3-5-17(15)23-2/h3-5,8-9,12,19,23H,6-7,10H2,1-2H3. The molecular weight excluding hydrogens is 315 g/mol. The third-order valence-corrected chi connectivity index (χ3v) is 4.40. The van der Waals surface area contributed by atoms with Crippen LogP contribution in [-0.4, -0.2) is 7.05 Å². The maximum Gasteiger partial charge on any atom is 0.267 e. The summed E-state index contributed by atoms with van der Waals surface area (Å²) < 4.78 is 45.6. The minimum Gasteiger partial charge on any atom is -0.488 e. The molecule has 2 aromatic carbocycles. The Kier molecular flexibility index (Phi) is 4.69. The van der Waals surface area contributed by atoms with E-state index >= 15 is 0 Å². The number of hydrogen-bond acceptors (Lipinski definition) is 2. The quantitative estimate of drug-likeness (QED) is 0.745. The summed E-state index contributed by atoms with van der Waals surface area (Å²) >= 11 is 0. The summed E-state index contributed by atoms with van der Waals surface area (Å²) in [5.41, 5.74) is 2.98. The molecule has 3 rings (SSSR count). The fraction of sp³-hybridized carbons (Fsp3) is 0.368. The molecule has 128 valence electrons. The topological polar surface area (TPSA) is 21.3 Å². The molecule has 1 aliphatic rings. The molecule has 2 nitrogen and oxygen atoms in total. The van der Waals surface area contributed by atoms with E-state index in [4.69, 9.17) is 4.74 Å². The second-order valence-electron chi connectivity index (χ2n) is 6.13. The summed E-state index contributed by atoms with van der Waals surface area (Å²) in [5.74, 6) is -0.0927. The van der Waals surface area contributed by atoms with Crippen LogP contribution in [-0.2, 0) is 6.61 Å². The van der Waals surface area contributed by atoms with Gasteiger partial charge in [-0.2, -0.15) is 0 Å². The summed E-state index contributed by atoms with van der Waals surface area (Å²) in [6, 6.07) is 8.18. The average Bonchev–Trinajstić information content (AvgIpc) is 3.39. The molecule has 1 saturated carbocycles. The summed E-state index contributed by atoms with van der Waals surface area (Å²) in [5, 5.41) is 3.12. The van der Waals surface area contributed by atoms with Crippen molar-refractivity contribution >= 4 is 5.69 Å². The van der Waals surface area contributed by atoms with Gasteiger partial charge < -0.3 is 10.1 Å². The molecule has 0 radical (unpaired) electrons. The molecule has 5 heteroatoms. The maximum atomic E-state index is 13.6. The first-order valence-electron chi connectivity index (χ1n) is 8.01. The van der Waals surface area contributed by atoms with Crippen molar-refractivity contribution in [2.45, 2.75) is 38.7 Å². The van der Waals surface area contributed by atoms with Gasteiger partial charge in [-0.25, -0.2) is 13.2 Å². The molecule has 0 aliphatic heterocycles. The molecule has 0 bridgehead atoms. The molecule has 0 saturated heterocycles. The number of alkyl halides is 2. The van der Waals surface area contributed by atoms with Crippen molar-refractivity contribution in [3.8, 4) is 5.75 Å². The Morgan fingerprint density at radius 2 is 2.00 bits per heavy atom. The Labute approximate surface area is 139 Å². The Morgan fingerprint density at radius 3 is 2.62 bits per heavy atom. The van der Waals surface area contributed by atoms with Gasteiger partial charge in [0.15, 0.2) is 0 Å². The lowest BCUT2D eigenvalue weighted by molar-refractivity contribution is 0.144. The third-order valence-electron chi connectivity index (χ3n) is 4.40. The molecule has 0 aromatic heterocycles. The number of ether oxygens (including phenoxy) is 1. The number of anilines is 1. The molecule has 2 aromatic rings. The van der Waals surface area contributed by atoms with E-state index in [9.17, 15) is 13.2 Å². The van der Waals surface area contributed by atoms with Crippen LogP contribution in [0.1, 0.15) is 47.4 Å². The molecule has 0 heterocycles. The second-order valence-corrected chi connectivity index (χ2v) is 6.13. The number of nitrogens with one attached hydrogen (secondary N) is 1. The molecule has 1 N–H and O–H groups in total. The fourth-order valence-corrected chi connectivity index (χ4v) is 2.89. The van der Waals surface area contributed by atoms with Crippen LogP contribution in [0, 0.1) is 12.7 Å². The number of aryl methyl sites for hydroxylation is 1. The van der Waals surface area contributed by atoms with Crippen molar-refractivity contribution in [2.24, 2.45) is 0 Å². The van der Waals surface area contributed by atoms with E-state index in [1.54, 1.807) is 0 Å². The van der Waals surface area contributed by atoms with E-state index in [2.05, 4.69) is 11.4 Å². The van der Waals surface area contributed by atoms with E-state index < -0.39 is 17.8 Å². The predicted molar refractivity (Wildman–Crippen MR) is 88.4 cm³/mol. The molecule has 0 amide bonds. The van der Waals surface area contributed by atoms with Gasteiger partial charge in [0.05, 0.1) is 5.56 Å². The number of benzene rings is 2. The highest BCUT2D eigenvalue weighted by molar-refractivity contribution is 5.56. The highest BCUT2D eigenvalue weighted by atomic mass is 19.3. The van der Waals surface area contributed by atoms with Crippen LogP contribution >= 0.6 is 0 Å². The van der Waals surface area contributed by atoms with Crippen LogP contribution in [0.15, 0.2) is 30.3 Å². The van der Waals surface area contributed by atoms with Gasteiger partial charge in [0.2, 0.25) is 0 Å². The largest absolute Gasteiger partial charge is 0.488 e. The normalized spacial score (nSPS) is 14.1. The SMILES string of the molecule is CNc1cccc(C2CC2)c1COc1cc(C)c(F)cc1C(F)F. The number of hydrogen-bond donors (Lipinski definition) is 1. The molecule has 1 fully saturated rings. The van der Waals surface area contributed by atoms with E-state index in [0.29, 0.717) is 11.5 Å². The summed E-state index contributed by atoms with van der Waals surface area (Å²) in [6.07, 6.45) is -0.506. The summed E-state index contributed by atoms with van der Waals surface area (Å²) in [4.78, 5) is 0. The lowest BCUT2D eigenvalue weighted by atomic mass is 10.0. The van der Waals surface area contributed by atoms with Crippen LogP contribution in [0.3, 0.4) is 0 Å². The summed E-state index contributed by atoms with van der Waals surface area (Å²) in [7, 11) is 1.82. The first kappa shape index (κ1) is 16.7. The zero-order valence-corrected chi connectivity index (χ0v) is 13.7. The van der Waals surface area contributed by atoms with E-state index in [0.717, 1.165) is 30.2 Å². The van der Waals surface area contributed by atoms with Crippen molar-refractivity contribution in [3.63, 3.8) is 0 Å². The molecule has 24 heavy (non-hydrogen) atoms. The Morgan fingerprint density at radius 1 is 1.25 bits per heavy atom. The molecule has 0 unspecified atom stereocenters. The minimum atomic E-state index is -2.78. The highest BCUT2D eigenvalue weighted by Crippen LogP contribution is 2.43. The van der Waals surface area contributed by atoms with Crippen LogP contribution < -0.4 is 10.1 Å². The van der Waals surface area contributed by atoms with Gasteiger partial charge in [-0.15, -0.1) is 0 Å². The summed E-state index contributed by atoms with van der Waals surface area (Å²) in [6.45, 7) is 1.71. The maximum absolute atomic E-state index is 13.6. The van der Waals surface area contributed by atoms with Crippen molar-refractivity contribution in [1.29, 1.82) is 0 Å². The minimum absolute atomic E-state index is 0.0385. The van der Waals surface area contributed by atoms with Crippen molar-refractivity contribution in [3.05, 3.63) is 58.4 Å². The van der Waals surface area contributed by atoms with Crippen LogP contribution in [0.4, 0.5) is 18.9 Å². The predicted octanol–water partition coefficient (Wildman–Crippen LogP) is 5.57. The van der Waals surface area contributed by atoms with Gasteiger partial charge in [-0.05, 0) is 55.0 Å². The number of halogens is 3. The first-order chi connectivity index (χ1) is 11.5. The van der Waals surface area contributed by atoms with Crippen LogP contribution in [0.5, 0.6) is 5.75 Å². The van der Waals surface area contributed by atoms with Gasteiger partial charge in [0.25, 0.3) is 6.43 Å². The van der Waals surface area contributed by atoms with E-state index in [1.807, 2.05) is 19.2 Å². The van der Waals surface area contributed by atoms with Gasteiger partial charge in [0, 0.05) is 18.3 Å². The van der Waals surface area contributed by atoms with Crippen LogP contribution in [0.2, 0.25) is 0 Å². The molecular formula is C19H20F3NO. The highest BCUT2D eigenvalue weighted by Gasteiger charge is 2.27. The van der Waals surface area contributed by atoms with Crippen molar-refractivity contribution < 1.29 is 17.9 Å². The van der Waals surface area contributed by atoms with Crippen molar-refractivity contribution in [1.82, 2.24) is 0 Å². The zero-order valence-electron chi connectivity index (χ0n) is 13.7. The van der Waals surface area contributed by atoms with Crippen molar-refractivity contribution in [2.75, 3.05) is 12.4 Å². The van der Waals surface area contributed by atoms with Gasteiger partial charge in [-0.1, -0.05) is 12.1 Å². The lowest BCUT2D eigenvalue weighted by Gasteiger charge is -2.17. The molecule has 0 atom stereocenters. The van der Waals surface area contributed by atoms with Crippen LogP contribution in [0.25, 0.3) is 0 Å². The fourth-order valence-electron chi connectivity index (χ4n) is 2.89. The Hall–Kier alpha value is -2.17. The molecule has 0 spiro atoms. The lowest BCUT2D eigenvalue weighted by Crippen LogP contribution is -2.06. The van der Waals surface area contributed by atoms with E-state index in [1.165, 1.54) is 18.6 Å². The van der Waals surface area contributed by atoms with Gasteiger partial charge >= 0.3 is 0 Å². The van der Waals surface area contributed by atoms with Gasteiger partial charge in [0.1, 0.15) is 18.2 Å². The average molecular weight is 335 g/mol.